The SMILES string of the molecule is CCN(CC)C(=O)c1ccc(NC(=O)CCn2c(=O)[nH]c(=O)c3ccccc32)cc1. The number of amides is 2. The zero-order valence-electron chi connectivity index (χ0n) is 17.0. The maximum absolute atomic E-state index is 12.3. The fraction of sp³-hybridized carbons (Fsp3) is 0.273. The molecule has 3 aromatic rings. The highest BCUT2D eigenvalue weighted by molar-refractivity contribution is 5.95. The van der Waals surface area contributed by atoms with Crippen molar-refractivity contribution in [1.82, 2.24) is 14.5 Å². The molecular weight excluding hydrogens is 384 g/mol. The minimum Gasteiger partial charge on any atom is -0.339 e. The molecule has 0 aliphatic rings. The van der Waals surface area contributed by atoms with Gasteiger partial charge in [-0.05, 0) is 50.2 Å². The maximum atomic E-state index is 12.3. The zero-order valence-corrected chi connectivity index (χ0v) is 17.0. The van der Waals surface area contributed by atoms with Gasteiger partial charge in [-0.25, -0.2) is 4.79 Å². The molecule has 156 valence electrons. The van der Waals surface area contributed by atoms with Crippen LogP contribution in [0, 0.1) is 0 Å². The Morgan fingerprint density at radius 3 is 2.33 bits per heavy atom. The first-order valence-electron chi connectivity index (χ1n) is 9.85. The van der Waals surface area contributed by atoms with Gasteiger partial charge in [0.15, 0.2) is 0 Å². The second kappa shape index (κ2) is 9.21. The van der Waals surface area contributed by atoms with Crippen molar-refractivity contribution in [2.24, 2.45) is 0 Å². The zero-order chi connectivity index (χ0) is 21.7. The predicted molar refractivity (Wildman–Crippen MR) is 116 cm³/mol. The molecule has 1 heterocycles. The number of hydrogen-bond acceptors (Lipinski definition) is 4. The van der Waals surface area contributed by atoms with Gasteiger partial charge in [0, 0.05) is 37.3 Å². The Labute approximate surface area is 173 Å². The maximum Gasteiger partial charge on any atom is 0.328 e. The second-order valence-electron chi connectivity index (χ2n) is 6.78. The summed E-state index contributed by atoms with van der Waals surface area (Å²) in [5.41, 5.74) is 0.609. The number of carbonyl (C=O) groups excluding carboxylic acids is 2. The average molecular weight is 408 g/mol. The van der Waals surface area contributed by atoms with Gasteiger partial charge in [-0.3, -0.25) is 23.9 Å². The lowest BCUT2D eigenvalue weighted by Gasteiger charge is -2.18. The standard InChI is InChI=1S/C22H24N4O4/c1-3-25(4-2)21(29)15-9-11-16(12-10-15)23-19(27)13-14-26-18-8-6-5-7-17(18)20(28)24-22(26)30/h5-12H,3-4,13-14H2,1-2H3,(H,23,27)(H,24,28,30). The van der Waals surface area contributed by atoms with Gasteiger partial charge < -0.3 is 10.2 Å². The van der Waals surface area contributed by atoms with E-state index >= 15 is 0 Å². The van der Waals surface area contributed by atoms with E-state index in [0.717, 1.165) is 0 Å². The molecular formula is C22H24N4O4. The third-order valence-corrected chi connectivity index (χ3v) is 4.93. The highest BCUT2D eigenvalue weighted by Crippen LogP contribution is 2.13. The summed E-state index contributed by atoms with van der Waals surface area (Å²) < 4.78 is 1.38. The fourth-order valence-corrected chi connectivity index (χ4v) is 3.29. The summed E-state index contributed by atoms with van der Waals surface area (Å²) in [5, 5.41) is 3.16. The van der Waals surface area contributed by atoms with E-state index in [1.54, 1.807) is 53.4 Å². The summed E-state index contributed by atoms with van der Waals surface area (Å²) >= 11 is 0. The topological polar surface area (TPSA) is 104 Å². The highest BCUT2D eigenvalue weighted by atomic mass is 16.2. The molecule has 8 heteroatoms. The first-order valence-corrected chi connectivity index (χ1v) is 9.85. The number of H-pyrrole nitrogens is 1. The van der Waals surface area contributed by atoms with Gasteiger partial charge in [0.05, 0.1) is 10.9 Å². The first-order chi connectivity index (χ1) is 14.4. The van der Waals surface area contributed by atoms with Crippen molar-refractivity contribution in [2.45, 2.75) is 26.8 Å². The van der Waals surface area contributed by atoms with Crippen LogP contribution in [0.5, 0.6) is 0 Å². The van der Waals surface area contributed by atoms with Crippen LogP contribution in [-0.4, -0.2) is 39.4 Å². The predicted octanol–water partition coefficient (Wildman–Crippen LogP) is 2.20. The number of hydrogen-bond donors (Lipinski definition) is 2. The molecule has 0 saturated heterocycles. The lowest BCUT2D eigenvalue weighted by Crippen LogP contribution is -2.31. The van der Waals surface area contributed by atoms with Crippen molar-refractivity contribution >= 4 is 28.4 Å². The molecule has 0 fully saturated rings. The largest absolute Gasteiger partial charge is 0.339 e. The smallest absolute Gasteiger partial charge is 0.328 e. The Bertz CT molecular complexity index is 1170. The first kappa shape index (κ1) is 21.0. The molecule has 0 aliphatic carbocycles. The molecule has 0 saturated carbocycles. The minimum atomic E-state index is -0.550. The minimum absolute atomic E-state index is 0.0517. The second-order valence-corrected chi connectivity index (χ2v) is 6.78. The number of fused-ring (bicyclic) bond motifs is 1. The summed E-state index contributed by atoms with van der Waals surface area (Å²) in [4.78, 5) is 52.8. The fourth-order valence-electron chi connectivity index (χ4n) is 3.29. The number of aryl methyl sites for hydroxylation is 1. The van der Waals surface area contributed by atoms with Crippen molar-refractivity contribution < 1.29 is 9.59 Å². The van der Waals surface area contributed by atoms with Gasteiger partial charge >= 0.3 is 5.69 Å². The molecule has 0 aliphatic heterocycles. The van der Waals surface area contributed by atoms with E-state index in [2.05, 4.69) is 10.3 Å². The molecule has 30 heavy (non-hydrogen) atoms. The molecule has 0 radical (unpaired) electrons. The monoisotopic (exact) mass is 408 g/mol. The number of benzene rings is 2. The van der Waals surface area contributed by atoms with Gasteiger partial charge in [0.1, 0.15) is 0 Å². The van der Waals surface area contributed by atoms with E-state index in [1.165, 1.54) is 4.57 Å². The number of carbonyl (C=O) groups is 2. The molecule has 2 aromatic carbocycles. The summed E-state index contributed by atoms with van der Waals surface area (Å²) in [7, 11) is 0. The molecule has 2 N–H and O–H groups in total. The van der Waals surface area contributed by atoms with Crippen molar-refractivity contribution in [3.8, 4) is 0 Å². The number of rotatable bonds is 7. The number of para-hydroxylation sites is 1. The number of aromatic nitrogens is 2. The van der Waals surface area contributed by atoms with Crippen LogP contribution in [0.2, 0.25) is 0 Å². The molecule has 1 aromatic heterocycles. The molecule has 0 bridgehead atoms. The van der Waals surface area contributed by atoms with Gasteiger partial charge in [-0.2, -0.15) is 0 Å². The van der Waals surface area contributed by atoms with E-state index in [-0.39, 0.29) is 24.8 Å². The Morgan fingerprint density at radius 1 is 1.00 bits per heavy atom. The summed E-state index contributed by atoms with van der Waals surface area (Å²) in [6, 6.07) is 13.5. The molecule has 0 unspecified atom stereocenters. The highest BCUT2D eigenvalue weighted by Gasteiger charge is 2.13. The number of nitrogens with zero attached hydrogens (tertiary/aromatic N) is 2. The van der Waals surface area contributed by atoms with Crippen LogP contribution in [0.1, 0.15) is 30.6 Å². The van der Waals surface area contributed by atoms with Crippen LogP contribution in [0.15, 0.2) is 58.1 Å². The van der Waals surface area contributed by atoms with Crippen LogP contribution >= 0.6 is 0 Å². The quantitative estimate of drug-likeness (QED) is 0.625. The normalized spacial score (nSPS) is 10.7. The lowest BCUT2D eigenvalue weighted by atomic mass is 10.1. The Balaban J connectivity index is 1.67. The Hall–Kier alpha value is -3.68. The lowest BCUT2D eigenvalue weighted by molar-refractivity contribution is -0.116. The van der Waals surface area contributed by atoms with Crippen LogP contribution in [0.3, 0.4) is 0 Å². The van der Waals surface area contributed by atoms with Gasteiger partial charge in [0.25, 0.3) is 11.5 Å². The van der Waals surface area contributed by atoms with Crippen LogP contribution < -0.4 is 16.6 Å². The van der Waals surface area contributed by atoms with Crippen molar-refractivity contribution in [2.75, 3.05) is 18.4 Å². The number of nitrogens with one attached hydrogen (secondary N) is 2. The van der Waals surface area contributed by atoms with Crippen LogP contribution in [0.25, 0.3) is 10.9 Å². The summed E-state index contributed by atoms with van der Waals surface area (Å²) in [5.74, 6) is -0.331. The molecule has 0 atom stereocenters. The Morgan fingerprint density at radius 2 is 1.67 bits per heavy atom. The van der Waals surface area contributed by atoms with Crippen LogP contribution in [-0.2, 0) is 11.3 Å². The molecule has 8 nitrogen and oxygen atoms in total. The summed E-state index contributed by atoms with van der Waals surface area (Å²) in [6.45, 7) is 5.24. The van der Waals surface area contributed by atoms with E-state index in [1.807, 2.05) is 13.8 Å². The average Bonchev–Trinajstić information content (AvgIpc) is 2.75. The van der Waals surface area contributed by atoms with Crippen molar-refractivity contribution in [3.63, 3.8) is 0 Å². The third-order valence-electron chi connectivity index (χ3n) is 4.93. The van der Waals surface area contributed by atoms with E-state index in [9.17, 15) is 19.2 Å². The third kappa shape index (κ3) is 4.48. The number of aromatic amines is 1. The van der Waals surface area contributed by atoms with Crippen LogP contribution in [0.4, 0.5) is 5.69 Å². The molecule has 0 spiro atoms. The van der Waals surface area contributed by atoms with Gasteiger partial charge in [0.2, 0.25) is 5.91 Å². The number of anilines is 1. The van der Waals surface area contributed by atoms with Crippen molar-refractivity contribution in [1.29, 1.82) is 0 Å². The van der Waals surface area contributed by atoms with Crippen molar-refractivity contribution in [3.05, 3.63) is 74.9 Å². The summed E-state index contributed by atoms with van der Waals surface area (Å²) in [6.07, 6.45) is 0.0517. The molecule has 2 amide bonds. The van der Waals surface area contributed by atoms with Gasteiger partial charge in [-0.1, -0.05) is 12.1 Å². The molecule has 3 rings (SSSR count). The van der Waals surface area contributed by atoms with E-state index < -0.39 is 11.2 Å². The van der Waals surface area contributed by atoms with Gasteiger partial charge in [-0.15, -0.1) is 0 Å². The van der Waals surface area contributed by atoms with E-state index in [0.29, 0.717) is 35.2 Å². The van der Waals surface area contributed by atoms with E-state index in [4.69, 9.17) is 0 Å². The Kier molecular flexibility index (Phi) is 6.46.